The number of nitrogens with one attached hydrogen (secondary N) is 1. The van der Waals surface area contributed by atoms with Gasteiger partial charge in [-0.3, -0.25) is 0 Å². The molecule has 5 nitrogen and oxygen atoms in total. The Labute approximate surface area is 179 Å². The number of benzene rings is 2. The van der Waals surface area contributed by atoms with Gasteiger partial charge in [0.2, 0.25) is 0 Å². The van der Waals surface area contributed by atoms with E-state index in [1.165, 1.54) is 11.1 Å². The van der Waals surface area contributed by atoms with Crippen LogP contribution in [-0.4, -0.2) is 38.6 Å². The lowest BCUT2D eigenvalue weighted by Gasteiger charge is -2.17. The first-order chi connectivity index (χ1) is 14.8. The maximum Gasteiger partial charge on any atom is 0.127 e. The Morgan fingerprint density at radius 3 is 2.37 bits per heavy atom. The van der Waals surface area contributed by atoms with E-state index in [0.29, 0.717) is 13.2 Å². The summed E-state index contributed by atoms with van der Waals surface area (Å²) < 4.78 is 23.6. The Bertz CT molecular complexity index is 797. The molecule has 0 radical (unpaired) electrons. The van der Waals surface area contributed by atoms with Crippen LogP contribution in [0.1, 0.15) is 42.4 Å². The van der Waals surface area contributed by atoms with Crippen molar-refractivity contribution in [2.24, 2.45) is 0 Å². The molecule has 2 unspecified atom stereocenters. The molecule has 0 bridgehead atoms. The van der Waals surface area contributed by atoms with Crippen molar-refractivity contribution in [1.82, 2.24) is 5.32 Å². The van der Waals surface area contributed by atoms with E-state index >= 15 is 0 Å². The Kier molecular flexibility index (Phi) is 7.62. The zero-order valence-corrected chi connectivity index (χ0v) is 17.9. The summed E-state index contributed by atoms with van der Waals surface area (Å²) in [7, 11) is 0. The molecule has 5 heteroatoms. The molecule has 0 spiro atoms. The molecule has 2 aromatic carbocycles. The minimum atomic E-state index is 0.189. The maximum atomic E-state index is 6.18. The Morgan fingerprint density at radius 1 is 0.900 bits per heavy atom. The largest absolute Gasteiger partial charge is 0.491 e. The number of hydrogen-bond donors (Lipinski definition) is 1. The predicted octanol–water partition coefficient (Wildman–Crippen LogP) is 4.40. The lowest BCUT2D eigenvalue weighted by atomic mass is 10.1. The Hall–Kier alpha value is -2.08. The molecular formula is C25H33NO4. The van der Waals surface area contributed by atoms with Crippen molar-refractivity contribution in [2.45, 2.75) is 57.9 Å². The van der Waals surface area contributed by atoms with Crippen LogP contribution in [0.2, 0.25) is 0 Å². The fourth-order valence-electron chi connectivity index (χ4n) is 3.99. The zero-order chi connectivity index (χ0) is 20.6. The maximum absolute atomic E-state index is 6.18. The smallest absolute Gasteiger partial charge is 0.127 e. The van der Waals surface area contributed by atoms with E-state index in [4.69, 9.17) is 18.9 Å². The first kappa shape index (κ1) is 21.2. The van der Waals surface area contributed by atoms with E-state index in [9.17, 15) is 0 Å². The van der Waals surface area contributed by atoms with Gasteiger partial charge in [0.05, 0.1) is 12.2 Å². The highest BCUT2D eigenvalue weighted by Crippen LogP contribution is 2.27. The zero-order valence-electron chi connectivity index (χ0n) is 17.9. The first-order valence-electron chi connectivity index (χ1n) is 11.1. The van der Waals surface area contributed by atoms with E-state index in [1.807, 2.05) is 12.1 Å². The number of rotatable bonds is 10. The molecule has 0 aromatic heterocycles. The number of aryl methyl sites for hydroxylation is 1. The second-order valence-corrected chi connectivity index (χ2v) is 8.25. The van der Waals surface area contributed by atoms with E-state index in [0.717, 1.165) is 69.0 Å². The van der Waals surface area contributed by atoms with Crippen LogP contribution < -0.4 is 14.8 Å². The molecule has 2 aromatic rings. The van der Waals surface area contributed by atoms with Crippen molar-refractivity contribution in [3.63, 3.8) is 0 Å². The topological polar surface area (TPSA) is 49.0 Å². The van der Waals surface area contributed by atoms with Crippen molar-refractivity contribution >= 4 is 0 Å². The van der Waals surface area contributed by atoms with Gasteiger partial charge in [0.1, 0.15) is 24.7 Å². The van der Waals surface area contributed by atoms with Crippen LogP contribution in [0.5, 0.6) is 11.5 Å². The highest BCUT2D eigenvalue weighted by molar-refractivity contribution is 5.41. The van der Waals surface area contributed by atoms with Gasteiger partial charge in [0, 0.05) is 37.9 Å². The van der Waals surface area contributed by atoms with Crippen LogP contribution >= 0.6 is 0 Å². The van der Waals surface area contributed by atoms with Gasteiger partial charge < -0.3 is 24.3 Å². The Balaban J connectivity index is 1.37. The third kappa shape index (κ3) is 6.21. The molecule has 0 aliphatic carbocycles. The van der Waals surface area contributed by atoms with E-state index in [-0.39, 0.29) is 12.2 Å². The van der Waals surface area contributed by atoms with E-state index in [2.05, 4.69) is 42.6 Å². The van der Waals surface area contributed by atoms with Gasteiger partial charge in [-0.2, -0.15) is 0 Å². The normalized spacial score (nSPS) is 21.1. The van der Waals surface area contributed by atoms with Gasteiger partial charge >= 0.3 is 0 Å². The molecule has 4 rings (SSSR count). The average Bonchev–Trinajstić information content (AvgIpc) is 3.46. The molecule has 30 heavy (non-hydrogen) atoms. The lowest BCUT2D eigenvalue weighted by molar-refractivity contribution is 0.0652. The summed E-state index contributed by atoms with van der Waals surface area (Å²) in [6, 6.07) is 14.7. The number of ether oxygens (including phenoxy) is 4. The molecule has 2 fully saturated rings. The average molecular weight is 412 g/mol. The summed E-state index contributed by atoms with van der Waals surface area (Å²) in [4.78, 5) is 0. The monoisotopic (exact) mass is 411 g/mol. The fourth-order valence-corrected chi connectivity index (χ4v) is 3.99. The molecule has 2 aliphatic rings. The molecule has 1 N–H and O–H groups in total. The van der Waals surface area contributed by atoms with Crippen LogP contribution in [-0.2, 0) is 22.6 Å². The summed E-state index contributed by atoms with van der Waals surface area (Å²) in [6.07, 6.45) is 4.77. The molecule has 162 valence electrons. The molecule has 2 aliphatic heterocycles. The SMILES string of the molecule is Cc1cccc(CNCc2ccc(OCC3CCCO3)cc2OCC2CCCO2)c1. The van der Waals surface area contributed by atoms with E-state index in [1.54, 1.807) is 0 Å². The van der Waals surface area contributed by atoms with Crippen LogP contribution in [0.25, 0.3) is 0 Å². The summed E-state index contributed by atoms with van der Waals surface area (Å²) in [5, 5.41) is 3.54. The van der Waals surface area contributed by atoms with Gasteiger partial charge in [0.15, 0.2) is 0 Å². The van der Waals surface area contributed by atoms with Crippen LogP contribution in [0.4, 0.5) is 0 Å². The minimum Gasteiger partial charge on any atom is -0.491 e. The number of hydrogen-bond acceptors (Lipinski definition) is 5. The van der Waals surface area contributed by atoms with Crippen LogP contribution in [0.3, 0.4) is 0 Å². The lowest BCUT2D eigenvalue weighted by Crippen LogP contribution is -2.19. The van der Waals surface area contributed by atoms with Crippen molar-refractivity contribution in [3.8, 4) is 11.5 Å². The van der Waals surface area contributed by atoms with Gasteiger partial charge in [-0.25, -0.2) is 0 Å². The highest BCUT2D eigenvalue weighted by atomic mass is 16.5. The first-order valence-corrected chi connectivity index (χ1v) is 11.1. The quantitative estimate of drug-likeness (QED) is 0.628. The van der Waals surface area contributed by atoms with Crippen LogP contribution in [0, 0.1) is 6.92 Å². The van der Waals surface area contributed by atoms with Crippen molar-refractivity contribution in [1.29, 1.82) is 0 Å². The van der Waals surface area contributed by atoms with Crippen molar-refractivity contribution < 1.29 is 18.9 Å². The second kappa shape index (κ2) is 10.8. The summed E-state index contributed by atoms with van der Waals surface area (Å²) >= 11 is 0. The predicted molar refractivity (Wildman–Crippen MR) is 117 cm³/mol. The minimum absolute atomic E-state index is 0.189. The van der Waals surface area contributed by atoms with Gasteiger partial charge in [0.25, 0.3) is 0 Å². The summed E-state index contributed by atoms with van der Waals surface area (Å²) in [6.45, 7) is 6.54. The summed E-state index contributed by atoms with van der Waals surface area (Å²) in [5.74, 6) is 1.70. The highest BCUT2D eigenvalue weighted by Gasteiger charge is 2.18. The molecule has 2 heterocycles. The van der Waals surface area contributed by atoms with Gasteiger partial charge in [-0.1, -0.05) is 35.9 Å². The van der Waals surface area contributed by atoms with Crippen LogP contribution in [0.15, 0.2) is 42.5 Å². The standard InChI is InChI=1S/C25H33NO4/c1-19-5-2-6-20(13-19)15-26-16-21-9-10-22(29-17-23-7-3-11-27-23)14-25(21)30-18-24-8-4-12-28-24/h2,5-6,9-10,13-14,23-24,26H,3-4,7-8,11-12,15-18H2,1H3. The fraction of sp³-hybridized carbons (Fsp3) is 0.520. The van der Waals surface area contributed by atoms with Gasteiger partial charge in [-0.05, 0) is 44.2 Å². The molecule has 2 atom stereocenters. The molecule has 0 amide bonds. The molecule has 0 saturated carbocycles. The third-order valence-corrected chi connectivity index (χ3v) is 5.67. The summed E-state index contributed by atoms with van der Waals surface area (Å²) in [5.41, 5.74) is 3.70. The van der Waals surface area contributed by atoms with Crippen molar-refractivity contribution in [3.05, 3.63) is 59.2 Å². The third-order valence-electron chi connectivity index (χ3n) is 5.67. The molecule has 2 saturated heterocycles. The van der Waals surface area contributed by atoms with Crippen molar-refractivity contribution in [2.75, 3.05) is 26.4 Å². The molecular weight excluding hydrogens is 378 g/mol. The van der Waals surface area contributed by atoms with E-state index < -0.39 is 0 Å². The van der Waals surface area contributed by atoms with Gasteiger partial charge in [-0.15, -0.1) is 0 Å². The Morgan fingerprint density at radius 2 is 1.67 bits per heavy atom. The second-order valence-electron chi connectivity index (χ2n) is 8.25.